The van der Waals surface area contributed by atoms with Crippen LogP contribution in [0, 0.1) is 5.92 Å². The van der Waals surface area contributed by atoms with Gasteiger partial charge >= 0.3 is 0 Å². The number of nitrogens with zero attached hydrogens (tertiary/aromatic N) is 1. The maximum absolute atomic E-state index is 13.4. The number of aromatic nitrogens is 2. The lowest BCUT2D eigenvalue weighted by molar-refractivity contribution is -0.120. The maximum atomic E-state index is 13.4. The van der Waals surface area contributed by atoms with Crippen molar-refractivity contribution >= 4 is 22.6 Å². The molecule has 4 heteroatoms. The van der Waals surface area contributed by atoms with Crippen molar-refractivity contribution in [2.24, 2.45) is 5.92 Å². The summed E-state index contributed by atoms with van der Waals surface area (Å²) < 4.78 is 0. The molecular weight excluding hydrogens is 382 g/mol. The lowest BCUT2D eigenvalue weighted by Crippen LogP contribution is -2.24. The number of H-pyrrole nitrogens is 1. The van der Waals surface area contributed by atoms with Crippen LogP contribution in [0.1, 0.15) is 121 Å². The van der Waals surface area contributed by atoms with Crippen molar-refractivity contribution in [1.82, 2.24) is 9.97 Å². The molecule has 0 aliphatic heterocycles. The van der Waals surface area contributed by atoms with Crippen LogP contribution in [0.3, 0.4) is 0 Å². The van der Waals surface area contributed by atoms with Gasteiger partial charge in [-0.2, -0.15) is 0 Å². The van der Waals surface area contributed by atoms with Gasteiger partial charge in [0.25, 0.3) is 0 Å². The first-order valence-electron chi connectivity index (χ1n) is 13.1. The van der Waals surface area contributed by atoms with Crippen LogP contribution in [0.2, 0.25) is 0 Å². The van der Waals surface area contributed by atoms with Gasteiger partial charge in [-0.05, 0) is 43.2 Å². The summed E-state index contributed by atoms with van der Waals surface area (Å²) in [6.07, 6.45) is 25.3. The monoisotopic (exact) mass is 423 g/mol. The third kappa shape index (κ3) is 6.11. The van der Waals surface area contributed by atoms with Gasteiger partial charge in [-0.15, -0.1) is 0 Å². The van der Waals surface area contributed by atoms with E-state index in [1.165, 1.54) is 107 Å². The van der Waals surface area contributed by atoms with Crippen molar-refractivity contribution in [3.8, 4) is 0 Å². The largest absolute Gasteiger partial charge is 0.346 e. The SMILES string of the molecule is O=C(Nc1cnc2[nH]ccc2c1C1CCCCCCCC1)C1CCCCCCCCC1. The highest BCUT2D eigenvalue weighted by molar-refractivity contribution is 5.96. The minimum atomic E-state index is 0.147. The van der Waals surface area contributed by atoms with Gasteiger partial charge in [0.15, 0.2) is 0 Å². The molecule has 2 aromatic heterocycles. The summed E-state index contributed by atoms with van der Waals surface area (Å²) in [6, 6.07) is 2.16. The molecule has 4 rings (SSSR count). The van der Waals surface area contributed by atoms with Crippen LogP contribution >= 0.6 is 0 Å². The normalized spacial score (nSPS) is 21.2. The van der Waals surface area contributed by atoms with Gasteiger partial charge in [-0.1, -0.05) is 83.5 Å². The van der Waals surface area contributed by atoms with Gasteiger partial charge < -0.3 is 10.3 Å². The number of hydrogen-bond donors (Lipinski definition) is 2. The van der Waals surface area contributed by atoms with E-state index in [-0.39, 0.29) is 11.8 Å². The molecule has 0 saturated heterocycles. The fourth-order valence-electron chi connectivity index (χ4n) is 5.80. The second-order valence-corrected chi connectivity index (χ2v) is 9.96. The lowest BCUT2D eigenvalue weighted by atomic mass is 9.87. The van der Waals surface area contributed by atoms with E-state index in [4.69, 9.17) is 0 Å². The molecule has 31 heavy (non-hydrogen) atoms. The van der Waals surface area contributed by atoms with E-state index in [2.05, 4.69) is 21.4 Å². The number of anilines is 1. The average Bonchev–Trinajstić information content (AvgIpc) is 3.30. The van der Waals surface area contributed by atoms with E-state index in [9.17, 15) is 4.79 Å². The second-order valence-electron chi connectivity index (χ2n) is 9.96. The predicted octanol–water partition coefficient (Wildman–Crippen LogP) is 7.86. The molecule has 0 bridgehead atoms. The summed E-state index contributed by atoms with van der Waals surface area (Å²) >= 11 is 0. The van der Waals surface area contributed by atoms with E-state index < -0.39 is 0 Å². The van der Waals surface area contributed by atoms with E-state index in [0.717, 1.165) is 24.2 Å². The third-order valence-corrected chi connectivity index (χ3v) is 7.63. The van der Waals surface area contributed by atoms with Crippen LogP contribution in [0.25, 0.3) is 11.0 Å². The number of aromatic amines is 1. The van der Waals surface area contributed by atoms with Gasteiger partial charge in [-0.3, -0.25) is 4.79 Å². The molecule has 2 heterocycles. The number of pyridine rings is 1. The summed E-state index contributed by atoms with van der Waals surface area (Å²) in [4.78, 5) is 21.3. The van der Waals surface area contributed by atoms with Gasteiger partial charge in [0.05, 0.1) is 11.9 Å². The van der Waals surface area contributed by atoms with Crippen molar-refractivity contribution in [3.63, 3.8) is 0 Å². The average molecular weight is 424 g/mol. The molecule has 4 nitrogen and oxygen atoms in total. The number of carbonyl (C=O) groups is 1. The fraction of sp³-hybridized carbons (Fsp3) is 0.704. The Bertz CT molecular complexity index is 807. The Morgan fingerprint density at radius 1 is 0.806 bits per heavy atom. The van der Waals surface area contributed by atoms with E-state index >= 15 is 0 Å². The summed E-state index contributed by atoms with van der Waals surface area (Å²) in [5, 5.41) is 4.58. The quantitative estimate of drug-likeness (QED) is 0.528. The molecule has 0 spiro atoms. The minimum Gasteiger partial charge on any atom is -0.346 e. The summed E-state index contributed by atoms with van der Waals surface area (Å²) in [5.41, 5.74) is 3.26. The molecular formula is C27H41N3O. The van der Waals surface area contributed by atoms with E-state index in [1.807, 2.05) is 12.4 Å². The third-order valence-electron chi connectivity index (χ3n) is 7.63. The Hall–Kier alpha value is -1.84. The highest BCUT2D eigenvalue weighted by atomic mass is 16.1. The number of amides is 1. The van der Waals surface area contributed by atoms with Crippen molar-refractivity contribution in [2.45, 2.75) is 115 Å². The van der Waals surface area contributed by atoms with Gasteiger partial charge in [0.1, 0.15) is 5.65 Å². The van der Waals surface area contributed by atoms with E-state index in [0.29, 0.717) is 5.92 Å². The molecule has 2 fully saturated rings. The maximum Gasteiger partial charge on any atom is 0.227 e. The molecule has 2 aromatic rings. The summed E-state index contributed by atoms with van der Waals surface area (Å²) in [7, 11) is 0. The molecule has 2 aliphatic carbocycles. The topological polar surface area (TPSA) is 57.8 Å². The smallest absolute Gasteiger partial charge is 0.227 e. The van der Waals surface area contributed by atoms with Crippen molar-refractivity contribution in [2.75, 3.05) is 5.32 Å². The number of rotatable bonds is 3. The Kier molecular flexibility index (Phi) is 8.43. The van der Waals surface area contributed by atoms with Crippen LogP contribution in [0.15, 0.2) is 18.5 Å². The van der Waals surface area contributed by atoms with Gasteiger partial charge in [-0.25, -0.2) is 4.98 Å². The Morgan fingerprint density at radius 3 is 1.97 bits per heavy atom. The molecule has 2 saturated carbocycles. The molecule has 2 N–H and O–H groups in total. The molecule has 0 unspecified atom stereocenters. The minimum absolute atomic E-state index is 0.147. The zero-order chi connectivity index (χ0) is 21.3. The molecule has 1 amide bonds. The molecule has 0 aromatic carbocycles. The predicted molar refractivity (Wildman–Crippen MR) is 129 cm³/mol. The standard InChI is InChI=1S/C27H41N3O/c31-27(22-16-12-8-2-1-3-9-13-17-22)30-24-20-29-26-23(18-19-28-26)25(24)21-14-10-6-4-5-7-11-15-21/h18-22H,1-17H2,(H,28,29)(H,30,31). The molecule has 2 aliphatic rings. The number of fused-ring (bicyclic) bond motifs is 1. The Balaban J connectivity index is 1.56. The number of carbonyl (C=O) groups excluding carboxylic acids is 1. The Labute approximate surface area is 188 Å². The summed E-state index contributed by atoms with van der Waals surface area (Å²) in [6.45, 7) is 0. The fourth-order valence-corrected chi connectivity index (χ4v) is 5.80. The number of nitrogens with one attached hydrogen (secondary N) is 2. The molecule has 0 atom stereocenters. The van der Waals surface area contributed by atoms with Crippen molar-refractivity contribution in [3.05, 3.63) is 24.0 Å². The number of hydrogen-bond acceptors (Lipinski definition) is 2. The Morgan fingerprint density at radius 2 is 1.35 bits per heavy atom. The zero-order valence-electron chi connectivity index (χ0n) is 19.3. The first-order chi connectivity index (χ1) is 15.3. The van der Waals surface area contributed by atoms with Crippen LogP contribution in [0.4, 0.5) is 5.69 Å². The van der Waals surface area contributed by atoms with Crippen LogP contribution < -0.4 is 5.32 Å². The first kappa shape index (κ1) is 22.4. The zero-order valence-corrected chi connectivity index (χ0v) is 19.3. The lowest BCUT2D eigenvalue weighted by Gasteiger charge is -2.23. The van der Waals surface area contributed by atoms with Crippen molar-refractivity contribution < 1.29 is 4.79 Å². The highest BCUT2D eigenvalue weighted by Crippen LogP contribution is 2.38. The van der Waals surface area contributed by atoms with Gasteiger partial charge in [0, 0.05) is 17.5 Å². The molecule has 170 valence electrons. The molecule has 0 radical (unpaired) electrons. The van der Waals surface area contributed by atoms with Gasteiger partial charge in [0.2, 0.25) is 5.91 Å². The highest BCUT2D eigenvalue weighted by Gasteiger charge is 2.24. The second kappa shape index (κ2) is 11.7. The van der Waals surface area contributed by atoms with Crippen molar-refractivity contribution in [1.29, 1.82) is 0 Å². The van der Waals surface area contributed by atoms with Crippen LogP contribution in [-0.4, -0.2) is 15.9 Å². The van der Waals surface area contributed by atoms with Crippen LogP contribution in [-0.2, 0) is 4.79 Å². The van der Waals surface area contributed by atoms with E-state index in [1.54, 1.807) is 0 Å². The first-order valence-corrected chi connectivity index (χ1v) is 13.1. The van der Waals surface area contributed by atoms with Crippen LogP contribution in [0.5, 0.6) is 0 Å². The summed E-state index contributed by atoms with van der Waals surface area (Å²) in [5.74, 6) is 0.883.